The third kappa shape index (κ3) is 5.28. The van der Waals surface area contributed by atoms with Crippen molar-refractivity contribution in [2.24, 2.45) is 0 Å². The number of nitrogens with one attached hydrogen (secondary N) is 1. The van der Waals surface area contributed by atoms with E-state index in [1.165, 1.54) is 12.3 Å². The largest absolute Gasteiger partial charge is 0.475 e. The Morgan fingerprint density at radius 1 is 1.20 bits per heavy atom. The SMILES string of the molecule is CC1(C)OC[C@@H](COc2cc(NC(=O)N3c4nc(-c5cccc(C(F)(F)F)c5)ccc4N4CC[C@H]3C4)ccn2)O1. The van der Waals surface area contributed by atoms with E-state index >= 15 is 0 Å². The lowest BCUT2D eigenvalue weighted by Gasteiger charge is -2.36. The number of hydrogen-bond acceptors (Lipinski definition) is 7. The van der Waals surface area contributed by atoms with Gasteiger partial charge < -0.3 is 24.4 Å². The second-order valence-electron chi connectivity index (χ2n) is 10.5. The lowest BCUT2D eigenvalue weighted by Crippen LogP contribution is -2.48. The summed E-state index contributed by atoms with van der Waals surface area (Å²) in [6.07, 6.45) is -2.43. The maximum absolute atomic E-state index is 13.6. The predicted octanol–water partition coefficient (Wildman–Crippen LogP) is 5.32. The number of rotatable bonds is 5. The average Bonchev–Trinajstić information content (AvgIpc) is 3.50. The smallest absolute Gasteiger partial charge is 0.416 e. The second-order valence-corrected chi connectivity index (χ2v) is 10.5. The van der Waals surface area contributed by atoms with Crippen molar-refractivity contribution in [2.45, 2.75) is 44.4 Å². The summed E-state index contributed by atoms with van der Waals surface area (Å²) >= 11 is 0. The van der Waals surface area contributed by atoms with Crippen molar-refractivity contribution in [1.29, 1.82) is 0 Å². The molecule has 40 heavy (non-hydrogen) atoms. The van der Waals surface area contributed by atoms with Crippen LogP contribution in [-0.2, 0) is 15.7 Å². The molecule has 1 N–H and O–H groups in total. The van der Waals surface area contributed by atoms with Crippen LogP contribution in [0.2, 0.25) is 0 Å². The number of amides is 2. The van der Waals surface area contributed by atoms with Gasteiger partial charge in [-0.15, -0.1) is 0 Å². The van der Waals surface area contributed by atoms with E-state index < -0.39 is 23.6 Å². The van der Waals surface area contributed by atoms with E-state index in [0.29, 0.717) is 41.8 Å². The van der Waals surface area contributed by atoms with Crippen LogP contribution in [0.25, 0.3) is 11.3 Å². The number of anilines is 3. The van der Waals surface area contributed by atoms with Gasteiger partial charge in [0.2, 0.25) is 5.88 Å². The molecular formula is C28H28F3N5O4. The number of hydrogen-bond donors (Lipinski definition) is 1. The summed E-state index contributed by atoms with van der Waals surface area (Å²) in [5, 5.41) is 2.91. The van der Waals surface area contributed by atoms with Gasteiger partial charge in [0.05, 0.1) is 29.6 Å². The maximum Gasteiger partial charge on any atom is 0.416 e. The van der Waals surface area contributed by atoms with E-state index in [4.69, 9.17) is 14.2 Å². The molecule has 2 fully saturated rings. The van der Waals surface area contributed by atoms with Crippen LogP contribution in [-0.4, -0.2) is 60.2 Å². The molecule has 0 saturated carbocycles. The first kappa shape index (κ1) is 26.3. The molecule has 2 aromatic heterocycles. The van der Waals surface area contributed by atoms with Crippen molar-refractivity contribution in [3.63, 3.8) is 0 Å². The van der Waals surface area contributed by atoms with E-state index in [1.54, 1.807) is 29.2 Å². The van der Waals surface area contributed by atoms with Crippen LogP contribution in [0.1, 0.15) is 25.8 Å². The summed E-state index contributed by atoms with van der Waals surface area (Å²) < 4.78 is 57.0. The molecule has 1 aromatic carbocycles. The van der Waals surface area contributed by atoms with Crippen molar-refractivity contribution >= 4 is 23.2 Å². The summed E-state index contributed by atoms with van der Waals surface area (Å²) in [7, 11) is 0. The van der Waals surface area contributed by atoms with E-state index in [0.717, 1.165) is 30.8 Å². The van der Waals surface area contributed by atoms with Crippen molar-refractivity contribution in [1.82, 2.24) is 9.97 Å². The molecule has 2 atom stereocenters. The van der Waals surface area contributed by atoms with Crippen molar-refractivity contribution in [3.8, 4) is 17.1 Å². The van der Waals surface area contributed by atoms with Crippen LogP contribution >= 0.6 is 0 Å². The Labute approximate surface area is 228 Å². The highest BCUT2D eigenvalue weighted by Crippen LogP contribution is 2.41. The van der Waals surface area contributed by atoms with Gasteiger partial charge in [0, 0.05) is 36.6 Å². The van der Waals surface area contributed by atoms with Crippen LogP contribution < -0.4 is 19.9 Å². The van der Waals surface area contributed by atoms with E-state index in [1.807, 2.05) is 19.9 Å². The fourth-order valence-electron chi connectivity index (χ4n) is 5.26. The highest BCUT2D eigenvalue weighted by Gasteiger charge is 2.40. The van der Waals surface area contributed by atoms with Gasteiger partial charge in [-0.1, -0.05) is 12.1 Å². The molecule has 0 spiro atoms. The number of benzene rings is 1. The number of carbonyl (C=O) groups is 1. The zero-order valence-electron chi connectivity index (χ0n) is 21.9. The molecule has 9 nitrogen and oxygen atoms in total. The predicted molar refractivity (Wildman–Crippen MR) is 141 cm³/mol. The standard InChI is InChI=1S/C28H28F3N5O4/c1-27(2)39-16-21(40-27)15-38-24-13-19(8-10-32-24)33-26(37)36-20-9-11-35(14-20)23-7-6-22(34-25(23)36)17-4-3-5-18(12-17)28(29,30)31/h3-8,10,12-13,20-21H,9,11,14-16H2,1-2H3,(H,32,33,37)/t20-,21+/m0/s1. The van der Waals surface area contributed by atoms with Gasteiger partial charge in [-0.05, 0) is 50.6 Å². The molecule has 5 heterocycles. The van der Waals surface area contributed by atoms with Gasteiger partial charge in [-0.25, -0.2) is 14.8 Å². The molecule has 3 aliphatic rings. The number of nitrogens with zero attached hydrogens (tertiary/aromatic N) is 4. The first-order chi connectivity index (χ1) is 19.1. The zero-order valence-corrected chi connectivity index (χ0v) is 21.9. The fourth-order valence-corrected chi connectivity index (χ4v) is 5.26. The molecule has 0 aliphatic carbocycles. The number of urea groups is 1. The molecule has 2 bridgehead atoms. The molecule has 6 rings (SSSR count). The maximum atomic E-state index is 13.6. The van der Waals surface area contributed by atoms with E-state index in [2.05, 4.69) is 20.2 Å². The quantitative estimate of drug-likeness (QED) is 0.456. The minimum atomic E-state index is -4.47. The summed E-state index contributed by atoms with van der Waals surface area (Å²) in [6, 6.07) is 11.3. The second kappa shape index (κ2) is 9.93. The number of carbonyl (C=O) groups excluding carboxylic acids is 1. The topological polar surface area (TPSA) is 89.1 Å². The molecule has 0 radical (unpaired) electrons. The van der Waals surface area contributed by atoms with Crippen molar-refractivity contribution in [3.05, 3.63) is 60.3 Å². The molecule has 2 saturated heterocycles. The Bertz CT molecular complexity index is 1430. The number of aromatic nitrogens is 2. The first-order valence-electron chi connectivity index (χ1n) is 13.0. The number of fused-ring (bicyclic) bond motifs is 4. The number of halogens is 3. The van der Waals surface area contributed by atoms with Gasteiger partial charge in [-0.3, -0.25) is 4.90 Å². The molecular weight excluding hydrogens is 527 g/mol. The highest BCUT2D eigenvalue weighted by molar-refractivity contribution is 6.04. The van der Waals surface area contributed by atoms with Gasteiger partial charge in [0.1, 0.15) is 12.7 Å². The van der Waals surface area contributed by atoms with Crippen LogP contribution in [0.3, 0.4) is 0 Å². The number of ether oxygens (including phenoxy) is 3. The Morgan fingerprint density at radius 2 is 2.05 bits per heavy atom. The van der Waals surface area contributed by atoms with E-state index in [-0.39, 0.29) is 18.8 Å². The van der Waals surface area contributed by atoms with Gasteiger partial charge in [0.15, 0.2) is 11.6 Å². The lowest BCUT2D eigenvalue weighted by atomic mass is 10.1. The van der Waals surface area contributed by atoms with Crippen molar-refractivity contribution in [2.75, 3.05) is 41.4 Å². The van der Waals surface area contributed by atoms with Crippen LogP contribution in [0.15, 0.2) is 54.7 Å². The summed E-state index contributed by atoms with van der Waals surface area (Å²) in [4.78, 5) is 26.3. The Balaban J connectivity index is 1.22. The normalized spacial score (nSPS) is 21.3. The Morgan fingerprint density at radius 3 is 2.83 bits per heavy atom. The zero-order chi connectivity index (χ0) is 28.1. The monoisotopic (exact) mass is 555 g/mol. The van der Waals surface area contributed by atoms with Crippen LogP contribution in [0.4, 0.5) is 35.2 Å². The summed E-state index contributed by atoms with van der Waals surface area (Å²) in [6.45, 7) is 5.72. The molecule has 3 aliphatic heterocycles. The Kier molecular flexibility index (Phi) is 6.54. The lowest BCUT2D eigenvalue weighted by molar-refractivity contribution is -0.141. The summed E-state index contributed by atoms with van der Waals surface area (Å²) in [5.74, 6) is 0.0715. The van der Waals surface area contributed by atoms with Gasteiger partial charge in [0.25, 0.3) is 0 Å². The van der Waals surface area contributed by atoms with Gasteiger partial charge >= 0.3 is 12.2 Å². The van der Waals surface area contributed by atoms with E-state index in [9.17, 15) is 18.0 Å². The molecule has 3 aromatic rings. The van der Waals surface area contributed by atoms with Gasteiger partial charge in [-0.2, -0.15) is 13.2 Å². The van der Waals surface area contributed by atoms with Crippen LogP contribution in [0.5, 0.6) is 5.88 Å². The fraction of sp³-hybridized carbons (Fsp3) is 0.393. The van der Waals surface area contributed by atoms with Crippen LogP contribution in [0, 0.1) is 0 Å². The molecule has 12 heteroatoms. The van der Waals surface area contributed by atoms with Crippen molar-refractivity contribution < 1.29 is 32.2 Å². The summed E-state index contributed by atoms with van der Waals surface area (Å²) in [5.41, 5.74) is 1.16. The molecule has 2 amide bonds. The minimum absolute atomic E-state index is 0.128. The molecule has 210 valence electrons. The Hall–Kier alpha value is -3.90. The number of alkyl halides is 3. The third-order valence-corrected chi connectivity index (χ3v) is 7.13. The highest BCUT2D eigenvalue weighted by atomic mass is 19.4. The minimum Gasteiger partial charge on any atom is -0.475 e. The molecule has 0 unspecified atom stereocenters. The third-order valence-electron chi connectivity index (χ3n) is 7.13. The average molecular weight is 556 g/mol. The first-order valence-corrected chi connectivity index (χ1v) is 13.0. The number of pyridine rings is 2.